The van der Waals surface area contributed by atoms with Crippen molar-refractivity contribution in [3.63, 3.8) is 0 Å². The number of piperidine rings is 2. The van der Waals surface area contributed by atoms with Crippen LogP contribution >= 0.6 is 0 Å². The molecule has 146 valence electrons. The Balaban J connectivity index is 1.43. The second kappa shape index (κ2) is 7.42. The van der Waals surface area contributed by atoms with Crippen molar-refractivity contribution < 1.29 is 4.79 Å². The molecular formula is C19H28N6O2. The zero-order valence-corrected chi connectivity index (χ0v) is 16.1. The van der Waals surface area contributed by atoms with E-state index in [0.29, 0.717) is 42.5 Å². The molecule has 1 N–H and O–H groups in total. The Morgan fingerprint density at radius 3 is 2.96 bits per heavy atom. The molecule has 0 aromatic carbocycles. The quantitative estimate of drug-likeness (QED) is 0.854. The van der Waals surface area contributed by atoms with Crippen LogP contribution in [0.3, 0.4) is 0 Å². The molecule has 0 bridgehead atoms. The molecule has 8 heteroatoms. The predicted octanol–water partition coefficient (Wildman–Crippen LogP) is 1.28. The van der Waals surface area contributed by atoms with Crippen molar-refractivity contribution in [1.29, 1.82) is 0 Å². The second-order valence-corrected chi connectivity index (χ2v) is 8.27. The summed E-state index contributed by atoms with van der Waals surface area (Å²) in [7, 11) is 0. The van der Waals surface area contributed by atoms with Crippen molar-refractivity contribution >= 4 is 11.7 Å². The van der Waals surface area contributed by atoms with Crippen molar-refractivity contribution in [3.8, 4) is 0 Å². The van der Waals surface area contributed by atoms with E-state index in [9.17, 15) is 9.59 Å². The van der Waals surface area contributed by atoms with E-state index in [2.05, 4.69) is 38.7 Å². The van der Waals surface area contributed by atoms with Crippen LogP contribution in [0.25, 0.3) is 5.78 Å². The minimum atomic E-state index is -0.134. The number of H-pyrrole nitrogens is 1. The van der Waals surface area contributed by atoms with Gasteiger partial charge in [0.05, 0.1) is 5.69 Å². The molecular weight excluding hydrogens is 344 g/mol. The van der Waals surface area contributed by atoms with Crippen LogP contribution in [0.1, 0.15) is 45.2 Å². The van der Waals surface area contributed by atoms with Crippen molar-refractivity contribution in [2.75, 3.05) is 19.6 Å². The third-order valence-electron chi connectivity index (χ3n) is 5.88. The molecule has 0 radical (unpaired) electrons. The molecule has 0 unspecified atom stereocenters. The molecule has 2 aliphatic heterocycles. The zero-order valence-electron chi connectivity index (χ0n) is 16.1. The minimum absolute atomic E-state index is 0.134. The van der Waals surface area contributed by atoms with E-state index >= 15 is 0 Å². The van der Waals surface area contributed by atoms with Gasteiger partial charge in [0.1, 0.15) is 6.33 Å². The monoisotopic (exact) mass is 372 g/mol. The van der Waals surface area contributed by atoms with E-state index in [1.54, 1.807) is 6.07 Å². The highest BCUT2D eigenvalue weighted by Crippen LogP contribution is 2.32. The highest BCUT2D eigenvalue weighted by Gasteiger charge is 2.39. The van der Waals surface area contributed by atoms with Crippen molar-refractivity contribution in [1.82, 2.24) is 29.4 Å². The summed E-state index contributed by atoms with van der Waals surface area (Å²) in [5.41, 5.74) is 0.625. The van der Waals surface area contributed by atoms with Crippen LogP contribution in [-0.2, 0) is 11.3 Å². The van der Waals surface area contributed by atoms with Gasteiger partial charge >= 0.3 is 0 Å². The summed E-state index contributed by atoms with van der Waals surface area (Å²) in [5.74, 6) is 1.86. The molecule has 27 heavy (non-hydrogen) atoms. The van der Waals surface area contributed by atoms with Gasteiger partial charge in [-0.3, -0.25) is 19.6 Å². The normalized spacial score (nSPS) is 24.0. The van der Waals surface area contributed by atoms with Crippen LogP contribution in [0, 0.1) is 11.8 Å². The molecule has 2 aromatic heterocycles. The first-order valence-corrected chi connectivity index (χ1v) is 9.95. The standard InChI is InChI=1S/C19H28N6O2/c1-13(2)5-8-24-16-6-7-23(10-14(16)3-4-17(24)26)11-15-9-18(27)25-19(22-15)20-12-21-25/h9,12-14,16H,3-8,10-11H2,1-2H3,(H,20,21,22)/t14-,16+/m0/s1. The maximum atomic E-state index is 12.4. The molecule has 4 heterocycles. The molecule has 2 aliphatic rings. The first kappa shape index (κ1) is 18.2. The predicted molar refractivity (Wildman–Crippen MR) is 101 cm³/mol. The van der Waals surface area contributed by atoms with Crippen LogP contribution in [-0.4, -0.2) is 61.0 Å². The Labute approximate surface area is 158 Å². The number of carbonyl (C=O) groups excluding carboxylic acids is 1. The number of carbonyl (C=O) groups is 1. The smallest absolute Gasteiger partial charge is 0.274 e. The molecule has 0 spiro atoms. The Hall–Kier alpha value is -2.22. The van der Waals surface area contributed by atoms with Crippen molar-refractivity contribution in [2.45, 2.75) is 52.1 Å². The summed E-state index contributed by atoms with van der Waals surface area (Å²) in [6.07, 6.45) is 5.16. The minimum Gasteiger partial charge on any atom is -0.339 e. The lowest BCUT2D eigenvalue weighted by molar-refractivity contribution is -0.141. The second-order valence-electron chi connectivity index (χ2n) is 8.27. The fourth-order valence-electron chi connectivity index (χ4n) is 4.44. The van der Waals surface area contributed by atoms with Gasteiger partial charge in [-0.05, 0) is 31.1 Å². The number of aromatic amines is 1. The van der Waals surface area contributed by atoms with Gasteiger partial charge in [-0.25, -0.2) is 9.97 Å². The fraction of sp³-hybridized carbons (Fsp3) is 0.684. The number of aromatic nitrogens is 4. The fourth-order valence-corrected chi connectivity index (χ4v) is 4.44. The van der Waals surface area contributed by atoms with E-state index in [-0.39, 0.29) is 5.56 Å². The number of rotatable bonds is 5. The summed E-state index contributed by atoms with van der Waals surface area (Å²) in [5, 5.41) is 2.76. The number of nitrogens with zero attached hydrogens (tertiary/aromatic N) is 5. The molecule has 0 aliphatic carbocycles. The van der Waals surface area contributed by atoms with Gasteiger partial charge < -0.3 is 4.90 Å². The summed E-state index contributed by atoms with van der Waals surface area (Å²) < 4.78 is 1.34. The van der Waals surface area contributed by atoms with Crippen LogP contribution in [0.15, 0.2) is 17.2 Å². The molecule has 8 nitrogen and oxygen atoms in total. The lowest BCUT2D eigenvalue weighted by atomic mass is 9.83. The number of amides is 1. The maximum Gasteiger partial charge on any atom is 0.274 e. The van der Waals surface area contributed by atoms with Gasteiger partial charge in [0, 0.05) is 44.7 Å². The topological polar surface area (TPSA) is 86.6 Å². The zero-order chi connectivity index (χ0) is 19.0. The Bertz CT molecular complexity index is 872. The molecule has 4 rings (SSSR count). The Kier molecular flexibility index (Phi) is 4.99. The number of hydrogen-bond acceptors (Lipinski definition) is 5. The lowest BCUT2D eigenvalue weighted by Crippen LogP contribution is -2.56. The molecule has 0 saturated carbocycles. The van der Waals surface area contributed by atoms with Crippen LogP contribution < -0.4 is 5.56 Å². The highest BCUT2D eigenvalue weighted by molar-refractivity contribution is 5.77. The number of likely N-dealkylation sites (tertiary alicyclic amines) is 2. The SMILES string of the molecule is CC(C)CCN1C(=O)CC[C@H]2CN(Cc3cc(=O)n4[nH]cnc4n3)CC[C@H]21. The third kappa shape index (κ3) is 3.76. The highest BCUT2D eigenvalue weighted by atomic mass is 16.2. The van der Waals surface area contributed by atoms with Gasteiger partial charge in [0.15, 0.2) is 0 Å². The van der Waals surface area contributed by atoms with Gasteiger partial charge in [0.25, 0.3) is 11.3 Å². The van der Waals surface area contributed by atoms with Gasteiger partial charge in [-0.15, -0.1) is 0 Å². The van der Waals surface area contributed by atoms with Gasteiger partial charge in [-0.1, -0.05) is 13.8 Å². The number of hydrogen-bond donors (Lipinski definition) is 1. The summed E-state index contributed by atoms with van der Waals surface area (Å²) >= 11 is 0. The van der Waals surface area contributed by atoms with Crippen LogP contribution in [0.4, 0.5) is 0 Å². The Morgan fingerprint density at radius 2 is 2.15 bits per heavy atom. The Morgan fingerprint density at radius 1 is 1.30 bits per heavy atom. The average Bonchev–Trinajstić information content (AvgIpc) is 3.10. The number of nitrogens with one attached hydrogen (secondary N) is 1. The first-order chi connectivity index (χ1) is 13.0. The van der Waals surface area contributed by atoms with E-state index in [4.69, 9.17) is 0 Å². The molecule has 2 saturated heterocycles. The number of fused-ring (bicyclic) bond motifs is 2. The average molecular weight is 372 g/mol. The van der Waals surface area contributed by atoms with E-state index < -0.39 is 0 Å². The largest absolute Gasteiger partial charge is 0.339 e. The summed E-state index contributed by atoms with van der Waals surface area (Å²) in [4.78, 5) is 37.6. The first-order valence-electron chi connectivity index (χ1n) is 9.95. The molecule has 2 fully saturated rings. The molecule has 2 atom stereocenters. The van der Waals surface area contributed by atoms with Crippen molar-refractivity contribution in [3.05, 3.63) is 28.4 Å². The van der Waals surface area contributed by atoms with E-state index in [0.717, 1.165) is 44.6 Å². The lowest BCUT2D eigenvalue weighted by Gasteiger charge is -2.47. The van der Waals surface area contributed by atoms with Crippen LogP contribution in [0.2, 0.25) is 0 Å². The van der Waals surface area contributed by atoms with E-state index in [1.165, 1.54) is 10.8 Å². The molecule has 2 aromatic rings. The molecule has 1 amide bonds. The third-order valence-corrected chi connectivity index (χ3v) is 5.88. The van der Waals surface area contributed by atoms with E-state index in [1.807, 2.05) is 0 Å². The summed E-state index contributed by atoms with van der Waals surface area (Å²) in [6.45, 7) is 7.83. The summed E-state index contributed by atoms with van der Waals surface area (Å²) in [6, 6.07) is 1.95. The van der Waals surface area contributed by atoms with Gasteiger partial charge in [-0.2, -0.15) is 4.52 Å². The van der Waals surface area contributed by atoms with Crippen molar-refractivity contribution in [2.24, 2.45) is 11.8 Å². The maximum absolute atomic E-state index is 12.4. The van der Waals surface area contributed by atoms with Crippen LogP contribution in [0.5, 0.6) is 0 Å². The van der Waals surface area contributed by atoms with Gasteiger partial charge in [0.2, 0.25) is 5.91 Å².